The topological polar surface area (TPSA) is 67.9 Å². The number of carbonyl (C=O) groups is 2. The van der Waals surface area contributed by atoms with Gasteiger partial charge in [0, 0.05) is 18.8 Å². The normalized spacial score (nSPS) is 10.9. The molecule has 0 spiro atoms. The minimum atomic E-state index is -0.626. The number of nitrogens with one attached hydrogen (secondary N) is 1. The van der Waals surface area contributed by atoms with Crippen LogP contribution in [-0.4, -0.2) is 36.1 Å². The van der Waals surface area contributed by atoms with Gasteiger partial charge in [-0.15, -0.1) is 0 Å². The zero-order chi connectivity index (χ0) is 20.0. The van der Waals surface area contributed by atoms with Gasteiger partial charge in [-0.1, -0.05) is 6.07 Å². The van der Waals surface area contributed by atoms with E-state index in [0.29, 0.717) is 17.2 Å². The fourth-order valence-electron chi connectivity index (χ4n) is 2.09. The highest BCUT2D eigenvalue weighted by molar-refractivity contribution is 5.93. The Hall–Kier alpha value is -3.09. The van der Waals surface area contributed by atoms with Gasteiger partial charge in [-0.05, 0) is 57.2 Å². The van der Waals surface area contributed by atoms with Gasteiger partial charge in [-0.3, -0.25) is 4.79 Å². The first-order valence-electron chi connectivity index (χ1n) is 8.40. The minimum Gasteiger partial charge on any atom is -0.457 e. The lowest BCUT2D eigenvalue weighted by Crippen LogP contribution is -2.38. The molecule has 1 N–H and O–H groups in total. The van der Waals surface area contributed by atoms with Crippen molar-refractivity contribution in [2.24, 2.45) is 0 Å². The number of amides is 2. The number of ether oxygens (including phenoxy) is 2. The maximum Gasteiger partial charge on any atom is 0.410 e. The second-order valence-electron chi connectivity index (χ2n) is 6.97. The van der Waals surface area contributed by atoms with Crippen LogP contribution in [0.5, 0.6) is 11.5 Å². The number of likely N-dealkylation sites (N-methyl/N-ethyl adjacent to an activating group) is 1. The predicted octanol–water partition coefficient (Wildman–Crippen LogP) is 4.42. The number of carbonyl (C=O) groups excluding carboxylic acids is 2. The van der Waals surface area contributed by atoms with Crippen LogP contribution in [0.1, 0.15) is 20.8 Å². The maximum atomic E-state index is 13.2. The fraction of sp³-hybridized carbons (Fsp3) is 0.300. The Morgan fingerprint density at radius 1 is 1.07 bits per heavy atom. The van der Waals surface area contributed by atoms with Crippen LogP contribution in [0.25, 0.3) is 0 Å². The van der Waals surface area contributed by atoms with E-state index in [1.165, 1.54) is 24.1 Å². The molecule has 7 heteroatoms. The molecule has 0 aliphatic rings. The average molecular weight is 374 g/mol. The zero-order valence-electron chi connectivity index (χ0n) is 15.8. The molecule has 0 radical (unpaired) electrons. The summed E-state index contributed by atoms with van der Waals surface area (Å²) < 4.78 is 23.9. The summed E-state index contributed by atoms with van der Waals surface area (Å²) in [5.41, 5.74) is -0.0801. The summed E-state index contributed by atoms with van der Waals surface area (Å²) in [5.74, 6) is 0.142. The summed E-state index contributed by atoms with van der Waals surface area (Å²) in [4.78, 5) is 25.1. The van der Waals surface area contributed by atoms with Crippen molar-refractivity contribution in [2.45, 2.75) is 26.4 Å². The van der Waals surface area contributed by atoms with Crippen LogP contribution in [-0.2, 0) is 9.53 Å². The standard InChI is InChI=1S/C20H23FN2O4/c1-20(2,3)27-19(25)23(4)13-18(24)22-15-8-10-16(11-9-15)26-17-7-5-6-14(21)12-17/h5-12H,13H2,1-4H3,(H,22,24). The fourth-order valence-corrected chi connectivity index (χ4v) is 2.09. The number of hydrogen-bond donors (Lipinski definition) is 1. The van der Waals surface area contributed by atoms with Crippen LogP contribution in [0.4, 0.5) is 14.9 Å². The quantitative estimate of drug-likeness (QED) is 0.841. The molecule has 0 unspecified atom stereocenters. The predicted molar refractivity (Wildman–Crippen MR) is 100 cm³/mol. The smallest absolute Gasteiger partial charge is 0.410 e. The number of benzene rings is 2. The van der Waals surface area contributed by atoms with Gasteiger partial charge < -0.3 is 19.7 Å². The molecule has 0 aromatic heterocycles. The summed E-state index contributed by atoms with van der Waals surface area (Å²) in [6.45, 7) is 5.13. The molecule has 0 bridgehead atoms. The third-order valence-corrected chi connectivity index (χ3v) is 3.26. The number of halogens is 1. The van der Waals surface area contributed by atoms with E-state index in [2.05, 4.69) is 5.32 Å². The minimum absolute atomic E-state index is 0.142. The molecular formula is C20H23FN2O4. The van der Waals surface area contributed by atoms with E-state index in [4.69, 9.17) is 9.47 Å². The molecule has 27 heavy (non-hydrogen) atoms. The summed E-state index contributed by atoms with van der Waals surface area (Å²) in [7, 11) is 1.49. The third-order valence-electron chi connectivity index (χ3n) is 3.26. The highest BCUT2D eigenvalue weighted by atomic mass is 19.1. The highest BCUT2D eigenvalue weighted by Crippen LogP contribution is 2.23. The van der Waals surface area contributed by atoms with Crippen LogP contribution in [0.2, 0.25) is 0 Å². The largest absolute Gasteiger partial charge is 0.457 e. The van der Waals surface area contributed by atoms with Gasteiger partial charge in [0.1, 0.15) is 29.5 Å². The van der Waals surface area contributed by atoms with Gasteiger partial charge in [0.15, 0.2) is 0 Å². The van der Waals surface area contributed by atoms with Crippen LogP contribution in [0, 0.1) is 5.82 Å². The van der Waals surface area contributed by atoms with Crippen molar-refractivity contribution in [3.8, 4) is 11.5 Å². The molecule has 0 saturated heterocycles. The summed E-state index contributed by atoms with van der Waals surface area (Å²) in [6.07, 6.45) is -0.573. The Kier molecular flexibility index (Phi) is 6.39. The first-order valence-corrected chi connectivity index (χ1v) is 8.40. The Morgan fingerprint density at radius 3 is 2.33 bits per heavy atom. The Labute approximate surface area is 157 Å². The molecule has 0 aliphatic heterocycles. The Morgan fingerprint density at radius 2 is 1.74 bits per heavy atom. The molecule has 0 aliphatic carbocycles. The highest BCUT2D eigenvalue weighted by Gasteiger charge is 2.21. The monoisotopic (exact) mass is 374 g/mol. The van der Waals surface area contributed by atoms with Gasteiger partial charge in [0.05, 0.1) is 0 Å². The molecule has 2 amide bonds. The number of hydrogen-bond acceptors (Lipinski definition) is 4. The zero-order valence-corrected chi connectivity index (χ0v) is 15.8. The molecule has 0 heterocycles. The molecule has 0 saturated carbocycles. The van der Waals surface area contributed by atoms with Gasteiger partial charge in [0.25, 0.3) is 0 Å². The Bertz CT molecular complexity index is 800. The molecule has 0 atom stereocenters. The van der Waals surface area contributed by atoms with Crippen molar-refractivity contribution in [1.29, 1.82) is 0 Å². The second kappa shape index (κ2) is 8.53. The van der Waals surface area contributed by atoms with E-state index in [0.717, 1.165) is 0 Å². The van der Waals surface area contributed by atoms with Crippen molar-refractivity contribution in [3.63, 3.8) is 0 Å². The van der Waals surface area contributed by atoms with Gasteiger partial charge in [0.2, 0.25) is 5.91 Å². The van der Waals surface area contributed by atoms with Crippen LogP contribution in [0.15, 0.2) is 48.5 Å². The van der Waals surface area contributed by atoms with Crippen molar-refractivity contribution < 1.29 is 23.5 Å². The SMILES string of the molecule is CN(CC(=O)Nc1ccc(Oc2cccc(F)c2)cc1)C(=O)OC(C)(C)C. The van der Waals surface area contributed by atoms with Crippen molar-refractivity contribution in [3.05, 3.63) is 54.3 Å². The molecular weight excluding hydrogens is 351 g/mol. The second-order valence-corrected chi connectivity index (χ2v) is 6.97. The van der Waals surface area contributed by atoms with Crippen LogP contribution >= 0.6 is 0 Å². The lowest BCUT2D eigenvalue weighted by atomic mass is 10.2. The number of rotatable bonds is 5. The molecule has 144 valence electrons. The van der Waals surface area contributed by atoms with E-state index >= 15 is 0 Å². The number of anilines is 1. The molecule has 0 fully saturated rings. The van der Waals surface area contributed by atoms with Crippen molar-refractivity contribution in [1.82, 2.24) is 4.90 Å². The first-order chi connectivity index (χ1) is 12.6. The van der Waals surface area contributed by atoms with Crippen molar-refractivity contribution in [2.75, 3.05) is 18.9 Å². The van der Waals surface area contributed by atoms with Gasteiger partial charge >= 0.3 is 6.09 Å². The van der Waals surface area contributed by atoms with Crippen molar-refractivity contribution >= 4 is 17.7 Å². The van der Waals surface area contributed by atoms with E-state index in [1.807, 2.05) is 0 Å². The molecule has 2 rings (SSSR count). The van der Waals surface area contributed by atoms with Gasteiger partial charge in [-0.25, -0.2) is 9.18 Å². The van der Waals surface area contributed by atoms with E-state index in [9.17, 15) is 14.0 Å². The number of nitrogens with zero attached hydrogens (tertiary/aromatic N) is 1. The summed E-state index contributed by atoms with van der Waals surface area (Å²) in [6, 6.07) is 12.4. The van der Waals surface area contributed by atoms with E-state index in [1.54, 1.807) is 57.2 Å². The average Bonchev–Trinajstić information content (AvgIpc) is 2.55. The van der Waals surface area contributed by atoms with E-state index in [-0.39, 0.29) is 18.3 Å². The maximum absolute atomic E-state index is 13.2. The lowest BCUT2D eigenvalue weighted by Gasteiger charge is -2.24. The van der Waals surface area contributed by atoms with E-state index < -0.39 is 11.7 Å². The summed E-state index contributed by atoms with van der Waals surface area (Å²) in [5, 5.41) is 2.69. The summed E-state index contributed by atoms with van der Waals surface area (Å²) >= 11 is 0. The lowest BCUT2D eigenvalue weighted by molar-refractivity contribution is -0.117. The van der Waals surface area contributed by atoms with Gasteiger partial charge in [-0.2, -0.15) is 0 Å². The first kappa shape index (κ1) is 20.2. The molecule has 2 aromatic carbocycles. The van der Waals surface area contributed by atoms with Crippen LogP contribution < -0.4 is 10.1 Å². The molecule has 2 aromatic rings. The Balaban J connectivity index is 1.88. The van der Waals surface area contributed by atoms with Crippen LogP contribution in [0.3, 0.4) is 0 Å². The third kappa shape index (κ3) is 6.97. The molecule has 6 nitrogen and oxygen atoms in total.